The first-order chi connectivity index (χ1) is 13.9. The minimum absolute atomic E-state index is 0.392. The number of hydrogen-bond donors (Lipinski definition) is 3. The third-order valence-electron chi connectivity index (χ3n) is 5.73. The number of nitrogens with one attached hydrogen (secondary N) is 2. The topological polar surface area (TPSA) is 72.4 Å². The SMILES string of the molecule is CCNC(=NCC(C)(O)CN1CCOCC1)NCCCCN1CC(C)CC(C)C1. The quantitative estimate of drug-likeness (QED) is 0.287. The van der Waals surface area contributed by atoms with Crippen LogP contribution in [0.1, 0.15) is 47.0 Å². The van der Waals surface area contributed by atoms with Crippen molar-refractivity contribution < 1.29 is 9.84 Å². The molecule has 2 saturated heterocycles. The van der Waals surface area contributed by atoms with Gasteiger partial charge in [0.1, 0.15) is 0 Å². The standard InChI is InChI=1S/C22H45N5O2/c1-5-23-21(25-17-22(4,28)18-26-10-12-29-13-11-26)24-8-6-7-9-27-15-19(2)14-20(3)16-27/h19-20,28H,5-18H2,1-4H3,(H2,23,24,25). The molecule has 7 nitrogen and oxygen atoms in total. The summed E-state index contributed by atoms with van der Waals surface area (Å²) >= 11 is 0. The van der Waals surface area contributed by atoms with Crippen molar-refractivity contribution in [3.8, 4) is 0 Å². The Morgan fingerprint density at radius 1 is 1.10 bits per heavy atom. The first kappa shape index (κ1) is 24.4. The van der Waals surface area contributed by atoms with Crippen LogP contribution < -0.4 is 10.6 Å². The summed E-state index contributed by atoms with van der Waals surface area (Å²) in [4.78, 5) is 9.51. The maximum Gasteiger partial charge on any atom is 0.191 e. The van der Waals surface area contributed by atoms with Crippen LogP contribution in [0, 0.1) is 11.8 Å². The number of likely N-dealkylation sites (tertiary alicyclic amines) is 1. The van der Waals surface area contributed by atoms with Gasteiger partial charge >= 0.3 is 0 Å². The molecule has 2 aliphatic heterocycles. The van der Waals surface area contributed by atoms with Crippen LogP contribution >= 0.6 is 0 Å². The molecule has 3 N–H and O–H groups in total. The Morgan fingerprint density at radius 2 is 1.79 bits per heavy atom. The van der Waals surface area contributed by atoms with Gasteiger partial charge in [-0.15, -0.1) is 0 Å². The van der Waals surface area contributed by atoms with Gasteiger partial charge in [-0.05, 0) is 51.5 Å². The fraction of sp³-hybridized carbons (Fsp3) is 0.955. The van der Waals surface area contributed by atoms with Crippen LogP contribution in [-0.2, 0) is 4.74 Å². The van der Waals surface area contributed by atoms with E-state index in [4.69, 9.17) is 4.74 Å². The predicted molar refractivity (Wildman–Crippen MR) is 120 cm³/mol. The lowest BCUT2D eigenvalue weighted by Crippen LogP contribution is -2.48. The Labute approximate surface area is 178 Å². The maximum atomic E-state index is 10.7. The molecule has 2 aliphatic rings. The highest BCUT2D eigenvalue weighted by atomic mass is 16.5. The Balaban J connectivity index is 1.67. The second-order valence-corrected chi connectivity index (χ2v) is 9.42. The van der Waals surface area contributed by atoms with Gasteiger partial charge in [0.25, 0.3) is 0 Å². The molecule has 29 heavy (non-hydrogen) atoms. The second kappa shape index (κ2) is 12.7. The van der Waals surface area contributed by atoms with Crippen molar-refractivity contribution in [3.63, 3.8) is 0 Å². The van der Waals surface area contributed by atoms with Gasteiger partial charge in [0.05, 0.1) is 25.4 Å². The largest absolute Gasteiger partial charge is 0.387 e. The van der Waals surface area contributed by atoms with Gasteiger partial charge in [-0.2, -0.15) is 0 Å². The normalized spacial score (nSPS) is 26.9. The zero-order valence-corrected chi connectivity index (χ0v) is 19.3. The van der Waals surface area contributed by atoms with Crippen molar-refractivity contribution in [2.24, 2.45) is 16.8 Å². The summed E-state index contributed by atoms with van der Waals surface area (Å²) in [5, 5.41) is 17.5. The smallest absolute Gasteiger partial charge is 0.191 e. The summed E-state index contributed by atoms with van der Waals surface area (Å²) in [6, 6.07) is 0. The number of piperidine rings is 1. The van der Waals surface area contributed by atoms with E-state index in [-0.39, 0.29) is 0 Å². The summed E-state index contributed by atoms with van der Waals surface area (Å²) in [6.07, 6.45) is 3.71. The summed E-state index contributed by atoms with van der Waals surface area (Å²) < 4.78 is 5.38. The van der Waals surface area contributed by atoms with Gasteiger partial charge in [0, 0.05) is 45.8 Å². The first-order valence-electron chi connectivity index (χ1n) is 11.6. The van der Waals surface area contributed by atoms with Gasteiger partial charge in [0.2, 0.25) is 0 Å². The maximum absolute atomic E-state index is 10.7. The van der Waals surface area contributed by atoms with Gasteiger partial charge in [-0.3, -0.25) is 9.89 Å². The van der Waals surface area contributed by atoms with E-state index in [2.05, 4.69) is 46.2 Å². The molecule has 0 bridgehead atoms. The van der Waals surface area contributed by atoms with Crippen molar-refractivity contribution in [3.05, 3.63) is 0 Å². The lowest BCUT2D eigenvalue weighted by atomic mass is 9.92. The molecule has 0 radical (unpaired) electrons. The van der Waals surface area contributed by atoms with Crippen molar-refractivity contribution >= 4 is 5.96 Å². The lowest BCUT2D eigenvalue weighted by Gasteiger charge is -2.35. The third-order valence-corrected chi connectivity index (χ3v) is 5.73. The molecule has 2 fully saturated rings. The van der Waals surface area contributed by atoms with Gasteiger partial charge in [-0.1, -0.05) is 13.8 Å². The average molecular weight is 412 g/mol. The molecule has 0 amide bonds. The van der Waals surface area contributed by atoms with Crippen molar-refractivity contribution in [2.75, 3.05) is 72.1 Å². The predicted octanol–water partition coefficient (Wildman–Crippen LogP) is 1.38. The number of aliphatic imine (C=N–C) groups is 1. The highest BCUT2D eigenvalue weighted by Crippen LogP contribution is 2.20. The fourth-order valence-corrected chi connectivity index (χ4v) is 4.52. The molecule has 170 valence electrons. The van der Waals surface area contributed by atoms with E-state index in [9.17, 15) is 5.11 Å². The molecule has 0 aliphatic carbocycles. The number of ether oxygens (including phenoxy) is 1. The highest BCUT2D eigenvalue weighted by molar-refractivity contribution is 5.79. The van der Waals surface area contributed by atoms with Crippen LogP contribution in [0.5, 0.6) is 0 Å². The Bertz CT molecular complexity index is 470. The molecular weight excluding hydrogens is 366 g/mol. The molecule has 7 heteroatoms. The molecule has 2 heterocycles. The Kier molecular flexibility index (Phi) is 10.7. The summed E-state index contributed by atoms with van der Waals surface area (Å²) in [5.74, 6) is 2.46. The minimum atomic E-state index is -0.832. The third kappa shape index (κ3) is 10.1. The lowest BCUT2D eigenvalue weighted by molar-refractivity contribution is -0.0179. The summed E-state index contributed by atoms with van der Waals surface area (Å²) in [5.41, 5.74) is -0.832. The number of morpholine rings is 1. The average Bonchev–Trinajstić information content (AvgIpc) is 2.65. The molecule has 0 aromatic carbocycles. The number of β-amino-alcohol motifs (C(OH)–C–C–N with tert-alkyl or cyclic N) is 1. The first-order valence-corrected chi connectivity index (χ1v) is 11.6. The van der Waals surface area contributed by atoms with Crippen LogP contribution in [0.15, 0.2) is 4.99 Å². The van der Waals surface area contributed by atoms with Gasteiger partial charge in [-0.25, -0.2) is 0 Å². The molecule has 3 atom stereocenters. The van der Waals surface area contributed by atoms with Crippen molar-refractivity contribution in [1.82, 2.24) is 20.4 Å². The van der Waals surface area contributed by atoms with Crippen LogP contribution in [-0.4, -0.2) is 98.6 Å². The minimum Gasteiger partial charge on any atom is -0.387 e. The fourth-order valence-electron chi connectivity index (χ4n) is 4.52. The van der Waals surface area contributed by atoms with Crippen LogP contribution in [0.2, 0.25) is 0 Å². The van der Waals surface area contributed by atoms with E-state index in [1.54, 1.807) is 0 Å². The van der Waals surface area contributed by atoms with Crippen LogP contribution in [0.25, 0.3) is 0 Å². The van der Waals surface area contributed by atoms with Crippen LogP contribution in [0.3, 0.4) is 0 Å². The van der Waals surface area contributed by atoms with E-state index in [0.29, 0.717) is 13.1 Å². The molecule has 2 rings (SSSR count). The van der Waals surface area contributed by atoms with E-state index >= 15 is 0 Å². The van der Waals surface area contributed by atoms with Crippen molar-refractivity contribution in [2.45, 2.75) is 52.6 Å². The van der Waals surface area contributed by atoms with E-state index in [0.717, 1.165) is 63.6 Å². The van der Waals surface area contributed by atoms with E-state index in [1.807, 2.05) is 6.92 Å². The second-order valence-electron chi connectivity index (χ2n) is 9.42. The Hall–Kier alpha value is -0.890. The van der Waals surface area contributed by atoms with Gasteiger partial charge < -0.3 is 25.4 Å². The van der Waals surface area contributed by atoms with E-state index < -0.39 is 5.60 Å². The monoisotopic (exact) mass is 411 g/mol. The Morgan fingerprint density at radius 3 is 2.45 bits per heavy atom. The number of aliphatic hydroxyl groups is 1. The number of unbranched alkanes of at least 4 members (excludes halogenated alkanes) is 1. The zero-order chi connectivity index (χ0) is 21.1. The van der Waals surface area contributed by atoms with E-state index in [1.165, 1.54) is 32.5 Å². The number of hydrogen-bond acceptors (Lipinski definition) is 5. The number of guanidine groups is 1. The van der Waals surface area contributed by atoms with Gasteiger partial charge in [0.15, 0.2) is 5.96 Å². The zero-order valence-electron chi connectivity index (χ0n) is 19.3. The molecule has 3 unspecified atom stereocenters. The molecule has 0 aromatic rings. The highest BCUT2D eigenvalue weighted by Gasteiger charge is 2.25. The number of nitrogens with zero attached hydrogens (tertiary/aromatic N) is 3. The molecule has 0 saturated carbocycles. The molecule has 0 aromatic heterocycles. The van der Waals surface area contributed by atoms with Crippen molar-refractivity contribution in [1.29, 1.82) is 0 Å². The summed E-state index contributed by atoms with van der Waals surface area (Å²) in [6.45, 7) is 18.4. The molecular formula is C22H45N5O2. The van der Waals surface area contributed by atoms with Crippen LogP contribution in [0.4, 0.5) is 0 Å². The summed E-state index contributed by atoms with van der Waals surface area (Å²) in [7, 11) is 0. The molecule has 0 spiro atoms. The number of rotatable bonds is 10.